The highest BCUT2D eigenvalue weighted by Crippen LogP contribution is 2.32. The lowest BCUT2D eigenvalue weighted by Gasteiger charge is -2.44. The number of phenolic OH excluding ortho intramolecular Hbond substituents is 1. The fraction of sp³-hybridized carbons (Fsp3) is 0.0435. The molecule has 23 heteroatoms. The summed E-state index contributed by atoms with van der Waals surface area (Å²) in [6.07, 6.45) is -6.37. The van der Waals surface area contributed by atoms with Gasteiger partial charge in [-0.25, -0.2) is 87.8 Å². The van der Waals surface area contributed by atoms with Gasteiger partial charge in [0.25, 0.3) is 0 Å². The van der Waals surface area contributed by atoms with Crippen LogP contribution in [0.25, 0.3) is 11.1 Å². The molecule has 0 unspecified atom stereocenters. The van der Waals surface area contributed by atoms with Crippen molar-refractivity contribution in [3.8, 4) is 16.9 Å². The number of phenols is 1. The molecular formula is C46H21BF20OS. The fourth-order valence-electron chi connectivity index (χ4n) is 7.60. The maximum absolute atomic E-state index is 15.4. The SMILES string of the molecule is Cc1[sH+]cccccc(-c2ccccc2)c1Cc1ccc(O)cc1.Fc1c(F)c(F)c([B-](c2c(F)c(F)c(F)c(F)c2F)(c2c(F)c(F)c(F)c(F)c2F)c2c(F)c(F)c(F)c(F)c2F)c(F)c1F. The van der Waals surface area contributed by atoms with Crippen molar-refractivity contribution in [1.29, 1.82) is 0 Å². The maximum atomic E-state index is 15.4. The van der Waals surface area contributed by atoms with Crippen LogP contribution >= 0.6 is 11.3 Å². The summed E-state index contributed by atoms with van der Waals surface area (Å²) in [6, 6.07) is 26.5. The molecule has 0 bridgehead atoms. The van der Waals surface area contributed by atoms with E-state index in [2.05, 4.69) is 60.8 Å². The van der Waals surface area contributed by atoms with Gasteiger partial charge in [0, 0.05) is 18.9 Å². The molecule has 0 radical (unpaired) electrons. The van der Waals surface area contributed by atoms with Gasteiger partial charge < -0.3 is 5.11 Å². The molecule has 0 aliphatic heterocycles. The van der Waals surface area contributed by atoms with Crippen LogP contribution in [0, 0.1) is 123 Å². The molecule has 0 aliphatic carbocycles. The Morgan fingerprint density at radius 2 is 0.652 bits per heavy atom. The molecule has 7 aromatic rings. The highest BCUT2D eigenvalue weighted by atomic mass is 32.1. The Morgan fingerprint density at radius 3 is 0.986 bits per heavy atom. The van der Waals surface area contributed by atoms with Crippen molar-refractivity contribution < 1.29 is 92.9 Å². The van der Waals surface area contributed by atoms with E-state index in [1.807, 2.05) is 18.2 Å². The van der Waals surface area contributed by atoms with Crippen LogP contribution in [0.3, 0.4) is 0 Å². The van der Waals surface area contributed by atoms with Gasteiger partial charge in [-0.15, -0.1) is 21.9 Å². The molecule has 7 rings (SSSR count). The van der Waals surface area contributed by atoms with E-state index in [4.69, 9.17) is 0 Å². The number of hydrogen-bond acceptors (Lipinski definition) is 1. The van der Waals surface area contributed by atoms with Crippen LogP contribution < -0.4 is 21.9 Å². The lowest BCUT2D eigenvalue weighted by atomic mass is 9.12. The summed E-state index contributed by atoms with van der Waals surface area (Å²) in [5.41, 5.74) is -9.30. The fourth-order valence-corrected chi connectivity index (χ4v) is 8.36. The number of rotatable bonds is 7. The highest BCUT2D eigenvalue weighted by molar-refractivity contribution is 7.20. The van der Waals surface area contributed by atoms with E-state index < -0.39 is 144 Å². The zero-order chi connectivity index (χ0) is 51.1. The minimum absolute atomic E-state index is 0.307. The van der Waals surface area contributed by atoms with Crippen LogP contribution in [0.2, 0.25) is 0 Å². The smallest absolute Gasteiger partial charge is 0.200 e. The Morgan fingerprint density at radius 1 is 0.362 bits per heavy atom. The molecule has 1 aromatic heterocycles. The molecule has 0 aliphatic rings. The van der Waals surface area contributed by atoms with Crippen LogP contribution in [0.15, 0.2) is 84.2 Å². The molecule has 1 heterocycles. The Balaban J connectivity index is 0.000000273. The van der Waals surface area contributed by atoms with E-state index in [-0.39, 0.29) is 0 Å². The van der Waals surface area contributed by atoms with Crippen molar-refractivity contribution in [2.24, 2.45) is 0 Å². The Labute approximate surface area is 378 Å². The van der Waals surface area contributed by atoms with Gasteiger partial charge in [0.2, 0.25) is 0 Å². The second-order valence-electron chi connectivity index (χ2n) is 14.5. The van der Waals surface area contributed by atoms with E-state index in [9.17, 15) is 57.8 Å². The van der Waals surface area contributed by atoms with Crippen LogP contribution in [0.1, 0.15) is 16.0 Å². The summed E-state index contributed by atoms with van der Waals surface area (Å²) in [4.78, 5) is 1.35. The van der Waals surface area contributed by atoms with Crippen molar-refractivity contribution in [1.82, 2.24) is 0 Å². The van der Waals surface area contributed by atoms with Gasteiger partial charge >= 0.3 is 0 Å². The number of benzene rings is 6. The average molecular weight is 1010 g/mol. The van der Waals surface area contributed by atoms with Gasteiger partial charge in [0.1, 0.15) is 68.7 Å². The molecule has 0 spiro atoms. The predicted molar refractivity (Wildman–Crippen MR) is 214 cm³/mol. The largest absolute Gasteiger partial charge is 0.508 e. The van der Waals surface area contributed by atoms with Gasteiger partial charge in [0.05, 0.1) is 0 Å². The normalized spacial score (nSPS) is 11.4. The van der Waals surface area contributed by atoms with Gasteiger partial charge in [-0.2, -0.15) is 0 Å². The quantitative estimate of drug-likeness (QED) is 0.0555. The Bertz CT molecular complexity index is 2830. The molecule has 6 aromatic carbocycles. The summed E-state index contributed by atoms with van der Waals surface area (Å²) in [5, 5.41) is 11.7. The second-order valence-corrected chi connectivity index (χ2v) is 15.7. The molecular weight excluding hydrogens is 991 g/mol. The first kappa shape index (κ1) is 51.4. The minimum Gasteiger partial charge on any atom is -0.508 e. The maximum Gasteiger partial charge on any atom is 0.200 e. The van der Waals surface area contributed by atoms with E-state index in [1.54, 1.807) is 12.1 Å². The summed E-state index contributed by atoms with van der Waals surface area (Å²) < 4.78 is 294. The first-order chi connectivity index (χ1) is 32.4. The van der Waals surface area contributed by atoms with Crippen molar-refractivity contribution in [2.75, 3.05) is 0 Å². The summed E-state index contributed by atoms with van der Waals surface area (Å²) in [5.74, 6) is -71.1. The average Bonchev–Trinajstić information content (AvgIpc) is 3.42. The van der Waals surface area contributed by atoms with Crippen LogP contribution in [0.5, 0.6) is 5.75 Å². The molecule has 360 valence electrons. The predicted octanol–water partition coefficient (Wildman–Crippen LogP) is 11.7. The van der Waals surface area contributed by atoms with E-state index in [1.165, 1.54) is 38.5 Å². The minimum atomic E-state index is -7.22. The number of aryl methyl sites for hydroxylation is 1. The molecule has 69 heavy (non-hydrogen) atoms. The van der Waals surface area contributed by atoms with Gasteiger partial charge in [-0.1, -0.05) is 60.7 Å². The standard InChI is InChI=1S/C24BF20.C22H20OS/c26-5-1(6(27)14(35)21(42)13(5)34)25(2-7(28)15(36)22(43)16(37)8(2)29,3-9(30)17(38)23(44)18(39)10(3)31)4-11(32)19(40)24(45)20(41)12(4)33;1-17-22(16-18-11-13-20(23)14-12-18)21(10-6-3-7-15-24-17)19-8-4-2-5-9-19/h;2-15,23H,16H2,1H3/q-1;/p+1. The van der Waals surface area contributed by atoms with Crippen molar-refractivity contribution in [2.45, 2.75) is 13.3 Å². The zero-order valence-electron chi connectivity index (χ0n) is 33.8. The third-order valence-corrected chi connectivity index (χ3v) is 11.7. The van der Waals surface area contributed by atoms with Crippen LogP contribution in [0.4, 0.5) is 87.8 Å². The molecule has 1 N–H and O–H groups in total. The number of halogens is 20. The lowest BCUT2D eigenvalue weighted by molar-refractivity contribution is 0.378. The van der Waals surface area contributed by atoms with E-state index in [0.29, 0.717) is 5.75 Å². The van der Waals surface area contributed by atoms with Crippen LogP contribution in [-0.2, 0) is 6.42 Å². The lowest BCUT2D eigenvalue weighted by Crippen LogP contribution is -2.81. The van der Waals surface area contributed by atoms with Gasteiger partial charge in [-0.3, -0.25) is 0 Å². The summed E-state index contributed by atoms with van der Waals surface area (Å²) >= 11 is 1.21. The monoisotopic (exact) mass is 1010 g/mol. The summed E-state index contributed by atoms with van der Waals surface area (Å²) in [6.45, 7) is 2.20. The third-order valence-electron chi connectivity index (χ3n) is 10.7. The number of aromatic hydroxyl groups is 1. The molecule has 0 saturated heterocycles. The van der Waals surface area contributed by atoms with Crippen molar-refractivity contribution in [3.63, 3.8) is 0 Å². The molecule has 0 fully saturated rings. The molecule has 0 amide bonds. The Hall–Kier alpha value is -7.04. The summed E-state index contributed by atoms with van der Waals surface area (Å²) in [7, 11) is 0. The van der Waals surface area contributed by atoms with Gasteiger partial charge in [-0.05, 0) is 46.2 Å². The van der Waals surface area contributed by atoms with Gasteiger partial charge in [0.15, 0.2) is 69.8 Å². The molecule has 0 atom stereocenters. The first-order valence-electron chi connectivity index (χ1n) is 19.0. The molecule has 0 saturated carbocycles. The highest BCUT2D eigenvalue weighted by Gasteiger charge is 2.52. The van der Waals surface area contributed by atoms with E-state index in [0.717, 1.165) is 6.42 Å². The third kappa shape index (κ3) is 8.71. The first-order valence-corrected chi connectivity index (χ1v) is 19.9. The van der Waals surface area contributed by atoms with Crippen LogP contribution in [-0.4, -0.2) is 11.3 Å². The topological polar surface area (TPSA) is 20.2 Å². The van der Waals surface area contributed by atoms with Crippen molar-refractivity contribution in [3.05, 3.63) is 217 Å². The zero-order valence-corrected chi connectivity index (χ0v) is 34.7. The molecule has 1 nitrogen and oxygen atoms in total. The van der Waals surface area contributed by atoms with E-state index >= 15 is 35.1 Å². The second kappa shape index (κ2) is 19.9. The number of hydrogen-bond donors (Lipinski definition) is 1. The Kier molecular flexibility index (Phi) is 14.8. The van der Waals surface area contributed by atoms with Crippen molar-refractivity contribution >= 4 is 39.3 Å².